The highest BCUT2D eigenvalue weighted by atomic mass is 16.3. The van der Waals surface area contributed by atoms with Gasteiger partial charge < -0.3 is 19.9 Å². The fourth-order valence-corrected chi connectivity index (χ4v) is 5.18. The van der Waals surface area contributed by atoms with E-state index in [0.717, 1.165) is 43.4 Å². The number of nitrogens with one attached hydrogen (secondary N) is 1. The maximum absolute atomic E-state index is 9.28. The van der Waals surface area contributed by atoms with Crippen molar-refractivity contribution < 1.29 is 5.11 Å². The second-order valence-electron chi connectivity index (χ2n) is 9.54. The maximum atomic E-state index is 9.28. The van der Waals surface area contributed by atoms with Crippen molar-refractivity contribution in [1.29, 1.82) is 0 Å². The Balaban J connectivity index is 1.30. The third kappa shape index (κ3) is 3.81. The van der Waals surface area contributed by atoms with Crippen LogP contribution in [0.5, 0.6) is 0 Å². The van der Waals surface area contributed by atoms with Gasteiger partial charge in [-0.15, -0.1) is 10.2 Å². The SMILES string of the molecule is C[C@@H](CO)NC[C@H]1CCN(c2ccc3c(c2)Cn2cc(-c4ccccc4)cc2-c2nncn2-3)C1. The minimum absolute atomic E-state index is 0.149. The van der Waals surface area contributed by atoms with Gasteiger partial charge in [-0.25, -0.2) is 0 Å². The van der Waals surface area contributed by atoms with Crippen LogP contribution in [0.15, 0.2) is 67.1 Å². The molecule has 1 saturated heterocycles. The Bertz CT molecular complexity index is 1290. The first-order chi connectivity index (χ1) is 16.7. The first-order valence-electron chi connectivity index (χ1n) is 12.1. The Kier molecular flexibility index (Phi) is 5.43. The molecule has 0 spiro atoms. The van der Waals surface area contributed by atoms with Crippen molar-refractivity contribution in [3.63, 3.8) is 0 Å². The van der Waals surface area contributed by atoms with Gasteiger partial charge in [0, 0.05) is 49.7 Å². The van der Waals surface area contributed by atoms with Crippen LogP contribution in [-0.2, 0) is 6.54 Å². The zero-order chi connectivity index (χ0) is 23.1. The van der Waals surface area contributed by atoms with Crippen molar-refractivity contribution in [2.24, 2.45) is 5.92 Å². The molecule has 4 aromatic rings. The van der Waals surface area contributed by atoms with E-state index in [2.05, 4.69) is 84.3 Å². The third-order valence-corrected chi connectivity index (χ3v) is 7.12. The molecule has 6 rings (SSSR count). The van der Waals surface area contributed by atoms with Gasteiger partial charge in [0.2, 0.25) is 0 Å². The summed E-state index contributed by atoms with van der Waals surface area (Å²) in [5, 5.41) is 21.4. The molecule has 2 aliphatic heterocycles. The van der Waals surface area contributed by atoms with Crippen molar-refractivity contribution in [2.45, 2.75) is 25.9 Å². The average Bonchev–Trinajstić information content (AvgIpc) is 3.62. The van der Waals surface area contributed by atoms with Gasteiger partial charge in [-0.1, -0.05) is 30.3 Å². The second kappa shape index (κ2) is 8.74. The van der Waals surface area contributed by atoms with E-state index in [4.69, 9.17) is 0 Å². The molecule has 2 atom stereocenters. The number of aliphatic hydroxyl groups is 1. The maximum Gasteiger partial charge on any atom is 0.185 e. The van der Waals surface area contributed by atoms with Crippen LogP contribution in [-0.4, -0.2) is 56.7 Å². The lowest BCUT2D eigenvalue weighted by Gasteiger charge is -2.21. The molecule has 0 aliphatic carbocycles. The molecule has 0 amide bonds. The minimum Gasteiger partial charge on any atom is -0.395 e. The molecule has 7 heteroatoms. The summed E-state index contributed by atoms with van der Waals surface area (Å²) in [5.74, 6) is 1.47. The summed E-state index contributed by atoms with van der Waals surface area (Å²) in [7, 11) is 0. The number of anilines is 1. The van der Waals surface area contributed by atoms with Gasteiger partial charge in [-0.2, -0.15) is 0 Å². The van der Waals surface area contributed by atoms with Gasteiger partial charge in [-0.05, 0) is 54.7 Å². The molecule has 0 bridgehead atoms. The van der Waals surface area contributed by atoms with E-state index in [-0.39, 0.29) is 12.6 Å². The van der Waals surface area contributed by atoms with Crippen LogP contribution in [0, 0.1) is 5.92 Å². The highest BCUT2D eigenvalue weighted by Gasteiger charge is 2.26. The summed E-state index contributed by atoms with van der Waals surface area (Å²) in [5.41, 5.74) is 7.15. The molecule has 0 radical (unpaired) electrons. The average molecular weight is 455 g/mol. The molecule has 2 N–H and O–H groups in total. The fourth-order valence-electron chi connectivity index (χ4n) is 5.18. The molecular formula is C27H30N6O. The zero-order valence-corrected chi connectivity index (χ0v) is 19.4. The third-order valence-electron chi connectivity index (χ3n) is 7.12. The Morgan fingerprint density at radius 3 is 2.85 bits per heavy atom. The van der Waals surface area contributed by atoms with Crippen molar-refractivity contribution in [3.05, 3.63) is 72.7 Å². The lowest BCUT2D eigenvalue weighted by molar-refractivity contribution is 0.247. The smallest absolute Gasteiger partial charge is 0.185 e. The molecule has 2 aliphatic rings. The Morgan fingerprint density at radius 1 is 1.12 bits per heavy atom. The minimum atomic E-state index is 0.149. The molecule has 1 fully saturated rings. The summed E-state index contributed by atoms with van der Waals surface area (Å²) < 4.78 is 4.41. The molecule has 0 saturated carbocycles. The largest absolute Gasteiger partial charge is 0.395 e. The van der Waals surface area contributed by atoms with Crippen LogP contribution in [0.1, 0.15) is 18.9 Å². The number of nitrogens with zero attached hydrogens (tertiary/aromatic N) is 5. The van der Waals surface area contributed by atoms with Gasteiger partial charge in [0.25, 0.3) is 0 Å². The topological polar surface area (TPSA) is 71.1 Å². The van der Waals surface area contributed by atoms with Gasteiger partial charge in [0.05, 0.1) is 18.0 Å². The first-order valence-corrected chi connectivity index (χ1v) is 12.1. The highest BCUT2D eigenvalue weighted by Crippen LogP contribution is 2.35. The summed E-state index contributed by atoms with van der Waals surface area (Å²) in [6.45, 7) is 6.04. The van der Waals surface area contributed by atoms with E-state index >= 15 is 0 Å². The van der Waals surface area contributed by atoms with E-state index in [1.165, 1.54) is 28.8 Å². The number of rotatable bonds is 6. The first kappa shape index (κ1) is 21.1. The monoisotopic (exact) mass is 454 g/mol. The normalized spacial score (nSPS) is 17.7. The molecule has 7 nitrogen and oxygen atoms in total. The van der Waals surface area contributed by atoms with Crippen LogP contribution >= 0.6 is 0 Å². The van der Waals surface area contributed by atoms with Crippen molar-refractivity contribution >= 4 is 5.69 Å². The van der Waals surface area contributed by atoms with E-state index in [1.807, 2.05) is 19.3 Å². The molecular weight excluding hydrogens is 424 g/mol. The molecule has 2 aromatic carbocycles. The van der Waals surface area contributed by atoms with Gasteiger partial charge in [0.1, 0.15) is 6.33 Å². The van der Waals surface area contributed by atoms with E-state index < -0.39 is 0 Å². The molecule has 0 unspecified atom stereocenters. The van der Waals surface area contributed by atoms with Crippen LogP contribution < -0.4 is 10.2 Å². The molecule has 34 heavy (non-hydrogen) atoms. The summed E-state index contributed by atoms with van der Waals surface area (Å²) in [6, 6.07) is 19.6. The Labute approximate surface area is 199 Å². The number of aromatic nitrogens is 4. The van der Waals surface area contributed by atoms with Crippen molar-refractivity contribution in [1.82, 2.24) is 24.6 Å². The van der Waals surface area contributed by atoms with E-state index in [1.54, 1.807) is 0 Å². The van der Waals surface area contributed by atoms with Crippen LogP contribution in [0.25, 0.3) is 28.3 Å². The van der Waals surface area contributed by atoms with Gasteiger partial charge >= 0.3 is 0 Å². The highest BCUT2D eigenvalue weighted by molar-refractivity contribution is 5.72. The standard InChI is InChI=1S/C27H30N6O/c1-19(17-34)28-13-20-9-10-31(14-20)24-7-8-25-23(11-24)16-32-15-22(21-5-3-2-4-6-21)12-26(32)27-30-29-18-33(25)27/h2-8,11-12,15,18-20,28,34H,9-10,13-14,16-17H2,1H3/t19-,20+/m0/s1. The van der Waals surface area contributed by atoms with Crippen LogP contribution in [0.3, 0.4) is 0 Å². The number of hydrogen-bond acceptors (Lipinski definition) is 5. The van der Waals surface area contributed by atoms with Gasteiger partial charge in [0.15, 0.2) is 5.82 Å². The number of hydrogen-bond donors (Lipinski definition) is 2. The van der Waals surface area contributed by atoms with Gasteiger partial charge in [-0.3, -0.25) is 4.57 Å². The lowest BCUT2D eigenvalue weighted by atomic mass is 10.1. The quantitative estimate of drug-likeness (QED) is 0.411. The number of fused-ring (bicyclic) bond motifs is 5. The lowest BCUT2D eigenvalue weighted by Crippen LogP contribution is -2.34. The van der Waals surface area contributed by atoms with E-state index in [9.17, 15) is 5.11 Å². The molecule has 2 aromatic heterocycles. The predicted molar refractivity (Wildman–Crippen MR) is 134 cm³/mol. The number of benzene rings is 2. The predicted octanol–water partition coefficient (Wildman–Crippen LogP) is 3.56. The second-order valence-corrected chi connectivity index (χ2v) is 9.54. The fraction of sp³-hybridized carbons (Fsp3) is 0.333. The Hall–Kier alpha value is -3.42. The van der Waals surface area contributed by atoms with Crippen LogP contribution in [0.2, 0.25) is 0 Å². The zero-order valence-electron chi connectivity index (χ0n) is 19.4. The summed E-state index contributed by atoms with van der Waals surface area (Å²) in [4.78, 5) is 2.49. The summed E-state index contributed by atoms with van der Waals surface area (Å²) >= 11 is 0. The molecule has 174 valence electrons. The van der Waals surface area contributed by atoms with Crippen LogP contribution in [0.4, 0.5) is 5.69 Å². The Morgan fingerprint density at radius 2 is 2.00 bits per heavy atom. The number of aliphatic hydroxyl groups excluding tert-OH is 1. The van der Waals surface area contributed by atoms with Crippen molar-refractivity contribution in [2.75, 3.05) is 31.1 Å². The summed E-state index contributed by atoms with van der Waals surface area (Å²) in [6.07, 6.45) is 5.21. The van der Waals surface area contributed by atoms with E-state index in [0.29, 0.717) is 5.92 Å². The molecule has 4 heterocycles. The van der Waals surface area contributed by atoms with Crippen molar-refractivity contribution in [3.8, 4) is 28.3 Å².